The maximum atomic E-state index is 12.1. The molecule has 0 spiro atoms. The normalized spacial score (nSPS) is 13.8. The van der Waals surface area contributed by atoms with Gasteiger partial charge in [0.05, 0.1) is 11.4 Å². The van der Waals surface area contributed by atoms with Crippen molar-refractivity contribution < 1.29 is 9.59 Å². The lowest BCUT2D eigenvalue weighted by Crippen LogP contribution is -2.28. The predicted octanol–water partition coefficient (Wildman–Crippen LogP) is 1.94. The van der Waals surface area contributed by atoms with Crippen LogP contribution in [-0.2, 0) is 11.3 Å². The summed E-state index contributed by atoms with van der Waals surface area (Å²) in [6.07, 6.45) is 2.62. The first kappa shape index (κ1) is 10.8. The van der Waals surface area contributed by atoms with Crippen LogP contribution in [0.3, 0.4) is 0 Å². The summed E-state index contributed by atoms with van der Waals surface area (Å²) in [6.45, 7) is 0.258. The highest BCUT2D eigenvalue weighted by Gasteiger charge is 2.24. The molecular weight excluding hydrogens is 228 g/mol. The summed E-state index contributed by atoms with van der Waals surface area (Å²) in [5, 5.41) is 0. The van der Waals surface area contributed by atoms with Crippen molar-refractivity contribution in [1.82, 2.24) is 4.57 Å². The Morgan fingerprint density at radius 1 is 1.22 bits per heavy atom. The molecule has 18 heavy (non-hydrogen) atoms. The third-order valence-corrected chi connectivity index (χ3v) is 3.32. The van der Waals surface area contributed by atoms with E-state index in [1.54, 1.807) is 24.2 Å². The second-order valence-corrected chi connectivity index (χ2v) is 4.34. The monoisotopic (exact) mass is 240 g/mol. The Morgan fingerprint density at radius 2 is 2.00 bits per heavy atom. The fraction of sp³-hybridized carbons (Fsp3) is 0.143. The molecule has 4 nitrogen and oxygen atoms in total. The fourth-order valence-electron chi connectivity index (χ4n) is 2.38. The van der Waals surface area contributed by atoms with Gasteiger partial charge >= 0.3 is 0 Å². The van der Waals surface area contributed by atoms with E-state index in [1.807, 2.05) is 28.8 Å². The van der Waals surface area contributed by atoms with Gasteiger partial charge in [0.1, 0.15) is 6.54 Å². The highest BCUT2D eigenvalue weighted by Crippen LogP contribution is 2.35. The van der Waals surface area contributed by atoms with Crippen molar-refractivity contribution >= 4 is 17.9 Å². The molecule has 0 bridgehead atoms. The number of fused-ring (bicyclic) bond motifs is 3. The lowest BCUT2D eigenvalue weighted by Gasteiger charge is -2.16. The molecule has 0 aliphatic carbocycles. The number of carbonyl (C=O) groups excluding carboxylic acids is 2. The molecule has 4 heteroatoms. The van der Waals surface area contributed by atoms with Gasteiger partial charge in [-0.1, -0.05) is 18.2 Å². The number of aldehydes is 1. The van der Waals surface area contributed by atoms with Gasteiger partial charge in [-0.15, -0.1) is 0 Å². The zero-order chi connectivity index (χ0) is 12.7. The Kier molecular flexibility index (Phi) is 2.30. The van der Waals surface area contributed by atoms with Crippen LogP contribution in [0.2, 0.25) is 0 Å². The summed E-state index contributed by atoms with van der Waals surface area (Å²) in [4.78, 5) is 24.8. The van der Waals surface area contributed by atoms with Gasteiger partial charge in [0.25, 0.3) is 0 Å². The van der Waals surface area contributed by atoms with E-state index in [-0.39, 0.29) is 12.5 Å². The van der Waals surface area contributed by atoms with E-state index in [4.69, 9.17) is 0 Å². The number of rotatable bonds is 1. The number of hydrogen-bond donors (Lipinski definition) is 0. The Hall–Kier alpha value is -2.36. The Bertz CT molecular complexity index is 643. The number of benzene rings is 1. The first-order valence-electron chi connectivity index (χ1n) is 5.72. The third-order valence-electron chi connectivity index (χ3n) is 3.32. The van der Waals surface area contributed by atoms with Gasteiger partial charge in [-0.2, -0.15) is 0 Å². The molecule has 1 amide bonds. The highest BCUT2D eigenvalue weighted by molar-refractivity contribution is 6.01. The second kappa shape index (κ2) is 3.84. The molecule has 0 atom stereocenters. The van der Waals surface area contributed by atoms with Crippen LogP contribution in [0.1, 0.15) is 10.4 Å². The van der Waals surface area contributed by atoms with Gasteiger partial charge in [-0.05, 0) is 12.1 Å². The fourth-order valence-corrected chi connectivity index (χ4v) is 2.38. The molecule has 2 aromatic rings. The average Bonchev–Trinajstić information content (AvgIpc) is 2.76. The molecule has 0 saturated carbocycles. The lowest BCUT2D eigenvalue weighted by atomic mass is 10.1. The number of likely N-dealkylation sites (N-methyl/N-ethyl adjacent to an activating group) is 1. The molecule has 0 N–H and O–H groups in total. The van der Waals surface area contributed by atoms with Gasteiger partial charge in [0.15, 0.2) is 6.29 Å². The van der Waals surface area contributed by atoms with Crippen molar-refractivity contribution in [2.75, 3.05) is 11.9 Å². The molecule has 3 rings (SSSR count). The van der Waals surface area contributed by atoms with Crippen molar-refractivity contribution in [1.29, 1.82) is 0 Å². The van der Waals surface area contributed by atoms with E-state index in [2.05, 4.69) is 0 Å². The van der Waals surface area contributed by atoms with Crippen molar-refractivity contribution in [3.05, 3.63) is 42.1 Å². The summed E-state index contributed by atoms with van der Waals surface area (Å²) in [7, 11) is 1.76. The summed E-state index contributed by atoms with van der Waals surface area (Å²) in [6, 6.07) is 9.38. The predicted molar refractivity (Wildman–Crippen MR) is 68.7 cm³/mol. The van der Waals surface area contributed by atoms with Gasteiger partial charge in [-0.3, -0.25) is 9.59 Å². The van der Waals surface area contributed by atoms with E-state index in [9.17, 15) is 9.59 Å². The van der Waals surface area contributed by atoms with Crippen molar-refractivity contribution in [3.63, 3.8) is 0 Å². The van der Waals surface area contributed by atoms with Crippen LogP contribution in [0.15, 0.2) is 36.5 Å². The number of amides is 1. The standard InChI is InChI=1S/C14H12N2O2/c1-15-12-5-3-2-4-11(12)14-10(9-17)6-7-16(14)8-13(15)18/h2-7,9H,8H2,1H3. The molecule has 0 radical (unpaired) electrons. The smallest absolute Gasteiger partial charge is 0.246 e. The number of carbonyl (C=O) groups is 2. The van der Waals surface area contributed by atoms with E-state index in [0.717, 1.165) is 23.2 Å². The second-order valence-electron chi connectivity index (χ2n) is 4.34. The van der Waals surface area contributed by atoms with E-state index >= 15 is 0 Å². The first-order chi connectivity index (χ1) is 8.72. The van der Waals surface area contributed by atoms with Gasteiger partial charge in [0.2, 0.25) is 5.91 Å². The van der Waals surface area contributed by atoms with Crippen LogP contribution in [0, 0.1) is 0 Å². The molecule has 1 aliphatic heterocycles. The summed E-state index contributed by atoms with van der Waals surface area (Å²) < 4.78 is 1.83. The molecule has 0 unspecified atom stereocenters. The van der Waals surface area contributed by atoms with E-state index in [1.165, 1.54) is 0 Å². The molecule has 90 valence electrons. The minimum atomic E-state index is 0.00856. The van der Waals surface area contributed by atoms with Crippen molar-refractivity contribution in [3.8, 4) is 11.3 Å². The van der Waals surface area contributed by atoms with Crippen LogP contribution in [0.25, 0.3) is 11.3 Å². The molecule has 1 aromatic heterocycles. The average molecular weight is 240 g/mol. The maximum Gasteiger partial charge on any atom is 0.246 e. The minimum Gasteiger partial charge on any atom is -0.337 e. The molecule has 1 aliphatic rings. The van der Waals surface area contributed by atoms with Crippen LogP contribution in [0.5, 0.6) is 0 Å². The number of hydrogen-bond acceptors (Lipinski definition) is 2. The largest absolute Gasteiger partial charge is 0.337 e. The third kappa shape index (κ3) is 1.39. The Morgan fingerprint density at radius 3 is 2.78 bits per heavy atom. The highest BCUT2D eigenvalue weighted by atomic mass is 16.2. The van der Waals surface area contributed by atoms with Crippen LogP contribution < -0.4 is 4.90 Å². The lowest BCUT2D eigenvalue weighted by molar-refractivity contribution is -0.118. The molecular formula is C14H12N2O2. The quantitative estimate of drug-likeness (QED) is 0.715. The van der Waals surface area contributed by atoms with Gasteiger partial charge < -0.3 is 9.47 Å². The van der Waals surface area contributed by atoms with Gasteiger partial charge in [0, 0.05) is 24.4 Å². The summed E-state index contributed by atoms with van der Waals surface area (Å²) >= 11 is 0. The Labute approximate surface area is 104 Å². The van der Waals surface area contributed by atoms with Crippen molar-refractivity contribution in [2.24, 2.45) is 0 Å². The number of nitrogens with zero attached hydrogens (tertiary/aromatic N) is 2. The zero-order valence-corrected chi connectivity index (χ0v) is 9.96. The van der Waals surface area contributed by atoms with Gasteiger partial charge in [-0.25, -0.2) is 0 Å². The molecule has 0 saturated heterocycles. The summed E-state index contributed by atoms with van der Waals surface area (Å²) in [5.74, 6) is 0.00856. The van der Waals surface area contributed by atoms with E-state index in [0.29, 0.717) is 5.56 Å². The SMILES string of the molecule is CN1C(=O)Cn2ccc(C=O)c2-c2ccccc21. The van der Waals surface area contributed by atoms with Crippen LogP contribution in [0.4, 0.5) is 5.69 Å². The Balaban J connectivity index is 2.36. The maximum absolute atomic E-state index is 12.1. The molecule has 1 aromatic carbocycles. The zero-order valence-electron chi connectivity index (χ0n) is 9.96. The van der Waals surface area contributed by atoms with Crippen LogP contribution in [-0.4, -0.2) is 23.8 Å². The van der Waals surface area contributed by atoms with E-state index < -0.39 is 0 Å². The van der Waals surface area contributed by atoms with Crippen molar-refractivity contribution in [2.45, 2.75) is 6.54 Å². The minimum absolute atomic E-state index is 0.00856. The number of anilines is 1. The number of para-hydroxylation sites is 1. The first-order valence-corrected chi connectivity index (χ1v) is 5.72. The van der Waals surface area contributed by atoms with Crippen LogP contribution >= 0.6 is 0 Å². The molecule has 2 heterocycles. The number of aromatic nitrogens is 1. The molecule has 0 fully saturated rings. The topological polar surface area (TPSA) is 42.3 Å². The summed E-state index contributed by atoms with van der Waals surface area (Å²) in [5.41, 5.74) is 3.19.